The van der Waals surface area contributed by atoms with Crippen LogP contribution >= 0.6 is 0 Å². The van der Waals surface area contributed by atoms with Gasteiger partial charge in [0.2, 0.25) is 11.8 Å². The van der Waals surface area contributed by atoms with E-state index in [9.17, 15) is 28.3 Å². The number of β-amino-alcohol motifs (C(OH)–C–C–N with tert-alkyl or cyclic N) is 1. The van der Waals surface area contributed by atoms with E-state index in [4.69, 9.17) is 10.5 Å². The normalized spacial score (nSPS) is 28.6. The van der Waals surface area contributed by atoms with Crippen molar-refractivity contribution in [1.29, 1.82) is 0 Å². The van der Waals surface area contributed by atoms with Crippen molar-refractivity contribution in [1.82, 2.24) is 15.1 Å². The van der Waals surface area contributed by atoms with Crippen molar-refractivity contribution in [2.75, 3.05) is 19.6 Å². The number of aliphatic hydroxyl groups is 1. The minimum absolute atomic E-state index is 0.0163. The summed E-state index contributed by atoms with van der Waals surface area (Å²) in [4.78, 5) is 40.6. The molecule has 9 nitrogen and oxygen atoms in total. The molecule has 1 aromatic carbocycles. The average molecular weight is 509 g/mol. The van der Waals surface area contributed by atoms with Crippen LogP contribution in [0.5, 0.6) is 0 Å². The van der Waals surface area contributed by atoms with E-state index in [0.29, 0.717) is 25.7 Å². The third-order valence-electron chi connectivity index (χ3n) is 7.41. The molecule has 198 valence electrons. The molecular weight excluding hydrogens is 474 g/mol. The second-order valence-corrected chi connectivity index (χ2v) is 10.1. The van der Waals surface area contributed by atoms with Gasteiger partial charge in [-0.3, -0.25) is 14.5 Å². The smallest absolute Gasteiger partial charge is 0.410 e. The van der Waals surface area contributed by atoms with Crippen LogP contribution in [-0.4, -0.2) is 82.6 Å². The van der Waals surface area contributed by atoms with E-state index in [1.807, 2.05) is 30.3 Å². The van der Waals surface area contributed by atoms with Crippen LogP contribution in [0.15, 0.2) is 30.3 Å². The van der Waals surface area contributed by atoms with Crippen LogP contribution in [0.1, 0.15) is 44.1 Å². The average Bonchev–Trinajstić information content (AvgIpc) is 3.44. The Kier molecular flexibility index (Phi) is 8.09. The number of nitrogens with zero attached hydrogens (tertiary/aromatic N) is 2. The molecule has 3 aliphatic rings. The van der Waals surface area contributed by atoms with Crippen molar-refractivity contribution < 1.29 is 33.0 Å². The Morgan fingerprint density at radius 3 is 2.50 bits per heavy atom. The molecule has 2 heterocycles. The monoisotopic (exact) mass is 508 g/mol. The molecule has 3 atom stereocenters. The third-order valence-corrected chi connectivity index (χ3v) is 7.41. The molecule has 11 heteroatoms. The molecule has 0 unspecified atom stereocenters. The molecular formula is C25H34F2N4O5. The Morgan fingerprint density at radius 1 is 1.17 bits per heavy atom. The largest absolute Gasteiger partial charge is 0.445 e. The van der Waals surface area contributed by atoms with Gasteiger partial charge in [0.15, 0.2) is 0 Å². The minimum Gasteiger partial charge on any atom is -0.445 e. The lowest BCUT2D eigenvalue weighted by atomic mass is 9.81. The van der Waals surface area contributed by atoms with Gasteiger partial charge < -0.3 is 25.8 Å². The first-order valence-corrected chi connectivity index (χ1v) is 12.5. The van der Waals surface area contributed by atoms with Crippen LogP contribution < -0.4 is 11.1 Å². The Hall–Kier alpha value is -2.79. The molecule has 4 rings (SSSR count). The van der Waals surface area contributed by atoms with Crippen molar-refractivity contribution in [3.63, 3.8) is 0 Å². The van der Waals surface area contributed by atoms with Crippen LogP contribution in [-0.2, 0) is 20.9 Å². The summed E-state index contributed by atoms with van der Waals surface area (Å²) in [7, 11) is 0. The first kappa shape index (κ1) is 26.3. The molecule has 1 saturated carbocycles. The summed E-state index contributed by atoms with van der Waals surface area (Å²) in [6, 6.07) is 7.35. The maximum atomic E-state index is 13.5. The number of amides is 3. The van der Waals surface area contributed by atoms with Crippen molar-refractivity contribution >= 4 is 17.9 Å². The van der Waals surface area contributed by atoms with E-state index in [1.165, 1.54) is 4.90 Å². The fourth-order valence-corrected chi connectivity index (χ4v) is 5.32. The number of alkyl halides is 2. The summed E-state index contributed by atoms with van der Waals surface area (Å²) in [6.07, 6.45) is 0.649. The van der Waals surface area contributed by atoms with Gasteiger partial charge in [0.05, 0.1) is 25.2 Å². The number of likely N-dealkylation sites (tertiary alicyclic amines) is 2. The van der Waals surface area contributed by atoms with Gasteiger partial charge >= 0.3 is 6.09 Å². The Balaban J connectivity index is 1.25. The van der Waals surface area contributed by atoms with E-state index in [-0.39, 0.29) is 50.4 Å². The SMILES string of the molecule is N[C@H](C(=O)N1CCC(F)(F)C1)[C@H]1CC[C@H](NC(=O)[C@@H]2C[C@@H](O)CN2C(=O)OCc2ccccc2)CC1. The number of carbonyl (C=O) groups is 3. The van der Waals surface area contributed by atoms with E-state index in [2.05, 4.69) is 5.32 Å². The number of hydrogen-bond donors (Lipinski definition) is 3. The molecule has 0 radical (unpaired) electrons. The molecule has 0 bridgehead atoms. The van der Waals surface area contributed by atoms with Crippen molar-refractivity contribution in [2.24, 2.45) is 11.7 Å². The Labute approximate surface area is 208 Å². The summed E-state index contributed by atoms with van der Waals surface area (Å²) in [5, 5.41) is 13.1. The molecule has 2 saturated heterocycles. The van der Waals surface area contributed by atoms with Gasteiger partial charge in [-0.2, -0.15) is 0 Å². The quantitative estimate of drug-likeness (QED) is 0.537. The number of rotatable bonds is 6. The lowest BCUT2D eigenvalue weighted by Crippen LogP contribution is -2.51. The highest BCUT2D eigenvalue weighted by molar-refractivity contribution is 5.86. The topological polar surface area (TPSA) is 125 Å². The number of benzene rings is 1. The van der Waals surface area contributed by atoms with Gasteiger partial charge in [0, 0.05) is 25.4 Å². The van der Waals surface area contributed by atoms with Crippen LogP contribution in [0.2, 0.25) is 0 Å². The summed E-state index contributed by atoms with van der Waals surface area (Å²) >= 11 is 0. The second-order valence-electron chi connectivity index (χ2n) is 10.1. The van der Waals surface area contributed by atoms with Crippen LogP contribution in [0.3, 0.4) is 0 Å². The molecule has 0 spiro atoms. The van der Waals surface area contributed by atoms with Crippen LogP contribution in [0.25, 0.3) is 0 Å². The summed E-state index contributed by atoms with van der Waals surface area (Å²) in [6.45, 7) is -0.478. The van der Waals surface area contributed by atoms with Crippen LogP contribution in [0.4, 0.5) is 13.6 Å². The zero-order chi connectivity index (χ0) is 25.9. The standard InChI is InChI=1S/C25H34F2N4O5/c26-25(27)10-11-30(15-25)23(34)21(28)17-6-8-18(9-7-17)29-22(33)20-12-19(32)13-31(20)24(35)36-14-16-4-2-1-3-5-16/h1-5,17-21,32H,6-15,28H2,(H,29,33)/t17-,18-,19-,20+,21+/m1/s1. The predicted molar refractivity (Wildman–Crippen MR) is 126 cm³/mol. The zero-order valence-corrected chi connectivity index (χ0v) is 20.2. The Morgan fingerprint density at radius 2 is 1.86 bits per heavy atom. The minimum atomic E-state index is -2.85. The van der Waals surface area contributed by atoms with Gasteiger partial charge in [-0.1, -0.05) is 30.3 Å². The number of nitrogens with one attached hydrogen (secondary N) is 1. The summed E-state index contributed by atoms with van der Waals surface area (Å²) in [5.74, 6) is -3.79. The molecule has 4 N–H and O–H groups in total. The first-order valence-electron chi connectivity index (χ1n) is 12.5. The number of aliphatic hydroxyl groups excluding tert-OH is 1. The Bertz CT molecular complexity index is 942. The van der Waals surface area contributed by atoms with Crippen molar-refractivity contribution in [3.8, 4) is 0 Å². The number of carbonyl (C=O) groups excluding carboxylic acids is 3. The third kappa shape index (κ3) is 6.31. The molecule has 3 fully saturated rings. The number of nitrogens with two attached hydrogens (primary N) is 1. The van der Waals surface area contributed by atoms with Gasteiger partial charge in [0.25, 0.3) is 5.92 Å². The lowest BCUT2D eigenvalue weighted by molar-refractivity contribution is -0.134. The van der Waals surface area contributed by atoms with E-state index in [1.54, 1.807) is 0 Å². The molecule has 2 aliphatic heterocycles. The maximum absolute atomic E-state index is 13.5. The summed E-state index contributed by atoms with van der Waals surface area (Å²) in [5.41, 5.74) is 6.95. The second kappa shape index (κ2) is 11.1. The molecule has 36 heavy (non-hydrogen) atoms. The van der Waals surface area contributed by atoms with Gasteiger partial charge in [-0.05, 0) is 37.2 Å². The maximum Gasteiger partial charge on any atom is 0.410 e. The fraction of sp³-hybridized carbons (Fsp3) is 0.640. The first-order chi connectivity index (χ1) is 17.1. The molecule has 1 aromatic rings. The van der Waals surface area contributed by atoms with Gasteiger partial charge in [-0.25, -0.2) is 13.6 Å². The van der Waals surface area contributed by atoms with Crippen molar-refractivity contribution in [2.45, 2.75) is 75.3 Å². The van der Waals surface area contributed by atoms with Crippen molar-refractivity contribution in [3.05, 3.63) is 35.9 Å². The van der Waals surface area contributed by atoms with E-state index >= 15 is 0 Å². The number of ether oxygens (including phenoxy) is 1. The lowest BCUT2D eigenvalue weighted by Gasteiger charge is -2.34. The predicted octanol–water partition coefficient (Wildman–Crippen LogP) is 1.63. The molecule has 3 amide bonds. The van der Waals surface area contributed by atoms with Gasteiger partial charge in [-0.15, -0.1) is 0 Å². The summed E-state index contributed by atoms with van der Waals surface area (Å²) < 4.78 is 32.3. The number of halogens is 2. The van der Waals surface area contributed by atoms with E-state index < -0.39 is 42.7 Å². The highest BCUT2D eigenvalue weighted by atomic mass is 19.3. The zero-order valence-electron chi connectivity index (χ0n) is 20.2. The van der Waals surface area contributed by atoms with Gasteiger partial charge in [0.1, 0.15) is 12.6 Å². The van der Waals surface area contributed by atoms with Crippen LogP contribution in [0, 0.1) is 5.92 Å². The van der Waals surface area contributed by atoms with E-state index in [0.717, 1.165) is 10.5 Å². The highest BCUT2D eigenvalue weighted by Crippen LogP contribution is 2.31. The molecule has 0 aromatic heterocycles. The highest BCUT2D eigenvalue weighted by Gasteiger charge is 2.44. The number of hydrogen-bond acceptors (Lipinski definition) is 6. The fourth-order valence-electron chi connectivity index (χ4n) is 5.32. The molecule has 1 aliphatic carbocycles.